The molecular formula is C16H16N4O2. The second kappa shape index (κ2) is 5.85. The van der Waals surface area contributed by atoms with Crippen molar-refractivity contribution in [2.24, 2.45) is 5.10 Å². The number of hydrazone groups is 1. The van der Waals surface area contributed by atoms with Crippen LogP contribution >= 0.6 is 0 Å². The molecule has 2 N–H and O–H groups in total. The lowest BCUT2D eigenvalue weighted by atomic mass is 10.1. The van der Waals surface area contributed by atoms with Gasteiger partial charge in [-0.1, -0.05) is 30.3 Å². The monoisotopic (exact) mass is 296 g/mol. The molecule has 0 aliphatic rings. The van der Waals surface area contributed by atoms with E-state index in [1.165, 1.54) is 0 Å². The Labute approximate surface area is 127 Å². The van der Waals surface area contributed by atoms with Gasteiger partial charge in [0.05, 0.1) is 0 Å². The lowest BCUT2D eigenvalue weighted by Gasteiger charge is -1.96. The number of rotatable bonds is 4. The van der Waals surface area contributed by atoms with E-state index in [1.807, 2.05) is 44.3 Å². The molecule has 0 atom stereocenters. The Hall–Kier alpha value is -2.89. The van der Waals surface area contributed by atoms with Crippen molar-refractivity contribution in [2.75, 3.05) is 0 Å². The molecule has 112 valence electrons. The molecule has 3 rings (SSSR count). The Morgan fingerprint density at radius 2 is 2.23 bits per heavy atom. The van der Waals surface area contributed by atoms with E-state index >= 15 is 0 Å². The largest absolute Gasteiger partial charge is 0.360 e. The van der Waals surface area contributed by atoms with Gasteiger partial charge in [0.15, 0.2) is 11.5 Å². The molecule has 6 heteroatoms. The summed E-state index contributed by atoms with van der Waals surface area (Å²) in [6, 6.07) is 9.48. The maximum Gasteiger partial charge on any atom is 0.293 e. The molecule has 6 nitrogen and oxygen atoms in total. The second-order valence-electron chi connectivity index (χ2n) is 4.97. The first kappa shape index (κ1) is 14.1. The molecule has 2 aromatic heterocycles. The zero-order valence-electron chi connectivity index (χ0n) is 12.4. The topological polar surface area (TPSA) is 83.3 Å². The quantitative estimate of drug-likeness (QED) is 0.572. The first-order valence-corrected chi connectivity index (χ1v) is 7.05. The van der Waals surface area contributed by atoms with Gasteiger partial charge in [-0.2, -0.15) is 5.10 Å². The minimum absolute atomic E-state index is 0.202. The van der Waals surface area contributed by atoms with E-state index in [1.54, 1.807) is 6.07 Å². The Morgan fingerprint density at radius 1 is 1.41 bits per heavy atom. The fraction of sp³-hybridized carbons (Fsp3) is 0.188. The molecule has 0 saturated heterocycles. The van der Waals surface area contributed by atoms with E-state index in [4.69, 9.17) is 4.52 Å². The molecule has 1 amide bonds. The van der Waals surface area contributed by atoms with Crippen LogP contribution in [0, 0.1) is 0 Å². The van der Waals surface area contributed by atoms with E-state index in [-0.39, 0.29) is 11.6 Å². The van der Waals surface area contributed by atoms with Crippen LogP contribution in [0.4, 0.5) is 0 Å². The van der Waals surface area contributed by atoms with Crippen LogP contribution in [-0.2, 0) is 0 Å². The molecule has 0 unspecified atom stereocenters. The molecule has 0 bridgehead atoms. The second-order valence-corrected chi connectivity index (χ2v) is 4.97. The molecule has 0 aliphatic carbocycles. The highest BCUT2D eigenvalue weighted by Crippen LogP contribution is 2.28. The van der Waals surface area contributed by atoms with E-state index in [0.717, 1.165) is 28.6 Å². The number of aromatic nitrogens is 2. The number of amides is 1. The molecule has 3 aromatic rings. The first-order chi connectivity index (χ1) is 10.7. The van der Waals surface area contributed by atoms with Crippen molar-refractivity contribution in [2.45, 2.75) is 20.3 Å². The number of aromatic amines is 1. The highest BCUT2D eigenvalue weighted by atomic mass is 16.5. The van der Waals surface area contributed by atoms with Crippen LogP contribution < -0.4 is 5.43 Å². The van der Waals surface area contributed by atoms with Gasteiger partial charge in [0.1, 0.15) is 0 Å². The lowest BCUT2D eigenvalue weighted by molar-refractivity contribution is 0.0946. The Bertz CT molecular complexity index is 845. The number of fused-ring (bicyclic) bond motifs is 1. The van der Waals surface area contributed by atoms with Gasteiger partial charge in [-0.25, -0.2) is 5.43 Å². The third-order valence-corrected chi connectivity index (χ3v) is 3.46. The van der Waals surface area contributed by atoms with Gasteiger partial charge in [-0.15, -0.1) is 0 Å². The predicted molar refractivity (Wildman–Crippen MR) is 84.7 cm³/mol. The van der Waals surface area contributed by atoms with Crippen LogP contribution in [0.3, 0.4) is 0 Å². The maximum absolute atomic E-state index is 12.0. The lowest BCUT2D eigenvalue weighted by Crippen LogP contribution is -2.19. The summed E-state index contributed by atoms with van der Waals surface area (Å²) in [5, 5.41) is 8.80. The van der Waals surface area contributed by atoms with E-state index < -0.39 is 0 Å². The van der Waals surface area contributed by atoms with Gasteiger partial charge < -0.3 is 9.51 Å². The van der Waals surface area contributed by atoms with Crippen molar-refractivity contribution in [3.05, 3.63) is 42.2 Å². The fourth-order valence-corrected chi connectivity index (χ4v) is 2.07. The summed E-state index contributed by atoms with van der Waals surface area (Å²) < 4.78 is 5.29. The highest BCUT2D eigenvalue weighted by Gasteiger charge is 2.15. The number of carbonyl (C=O) groups excluding carboxylic acids is 1. The third-order valence-electron chi connectivity index (χ3n) is 3.46. The van der Waals surface area contributed by atoms with Gasteiger partial charge in [0.2, 0.25) is 0 Å². The normalized spacial score (nSPS) is 11.8. The molecule has 0 saturated carbocycles. The van der Waals surface area contributed by atoms with Gasteiger partial charge in [0.25, 0.3) is 5.91 Å². The van der Waals surface area contributed by atoms with Crippen molar-refractivity contribution in [1.82, 2.24) is 15.6 Å². The predicted octanol–water partition coefficient (Wildman–Crippen LogP) is 3.34. The van der Waals surface area contributed by atoms with Gasteiger partial charge in [0, 0.05) is 34.4 Å². The smallest absolute Gasteiger partial charge is 0.293 e. The number of hydrogen-bond donors (Lipinski definition) is 2. The van der Waals surface area contributed by atoms with Crippen LogP contribution in [0.25, 0.3) is 22.2 Å². The molecule has 0 fully saturated rings. The van der Waals surface area contributed by atoms with Crippen LogP contribution in [0.15, 0.2) is 46.2 Å². The number of para-hydroxylation sites is 1. The molecule has 0 spiro atoms. The standard InChI is InChI=1S/C16H16N4O2/c1-3-10(2)18-19-16(21)14-8-15(22-20-14)12-9-17-13-7-5-4-6-11(12)13/h4-9,17H,3H2,1-2H3,(H,19,21)/b18-10-. The third kappa shape index (κ3) is 2.63. The minimum Gasteiger partial charge on any atom is -0.360 e. The van der Waals surface area contributed by atoms with Crippen LogP contribution in [-0.4, -0.2) is 21.8 Å². The summed E-state index contributed by atoms with van der Waals surface area (Å²) in [4.78, 5) is 15.1. The van der Waals surface area contributed by atoms with Crippen molar-refractivity contribution >= 4 is 22.5 Å². The fourth-order valence-electron chi connectivity index (χ4n) is 2.07. The van der Waals surface area contributed by atoms with Crippen molar-refractivity contribution in [3.8, 4) is 11.3 Å². The minimum atomic E-state index is -0.386. The van der Waals surface area contributed by atoms with Crippen molar-refractivity contribution in [1.29, 1.82) is 0 Å². The van der Waals surface area contributed by atoms with Crippen molar-refractivity contribution < 1.29 is 9.32 Å². The Kier molecular flexibility index (Phi) is 3.74. The highest BCUT2D eigenvalue weighted by molar-refractivity contribution is 5.97. The summed E-state index contributed by atoms with van der Waals surface area (Å²) in [7, 11) is 0. The average Bonchev–Trinajstić information content (AvgIpc) is 3.18. The summed E-state index contributed by atoms with van der Waals surface area (Å²) in [5.74, 6) is 0.154. The van der Waals surface area contributed by atoms with E-state index in [9.17, 15) is 4.79 Å². The van der Waals surface area contributed by atoms with Crippen LogP contribution in [0.5, 0.6) is 0 Å². The summed E-state index contributed by atoms with van der Waals surface area (Å²) >= 11 is 0. The number of nitrogens with one attached hydrogen (secondary N) is 2. The van der Waals surface area contributed by atoms with Gasteiger partial charge >= 0.3 is 0 Å². The molecular weight excluding hydrogens is 280 g/mol. The van der Waals surface area contributed by atoms with Gasteiger partial charge in [-0.05, 0) is 19.4 Å². The van der Waals surface area contributed by atoms with Crippen LogP contribution in [0.2, 0.25) is 0 Å². The molecule has 22 heavy (non-hydrogen) atoms. The summed E-state index contributed by atoms with van der Waals surface area (Å²) in [6.07, 6.45) is 2.62. The summed E-state index contributed by atoms with van der Waals surface area (Å²) in [6.45, 7) is 3.82. The SMILES string of the molecule is CC/C(C)=N\NC(=O)c1cc(-c2c[nH]c3ccccc23)on1. The zero-order valence-corrected chi connectivity index (χ0v) is 12.4. The number of carbonyl (C=O) groups is 1. The van der Waals surface area contributed by atoms with E-state index in [2.05, 4.69) is 20.7 Å². The van der Waals surface area contributed by atoms with Gasteiger partial charge in [-0.3, -0.25) is 4.79 Å². The first-order valence-electron chi connectivity index (χ1n) is 7.05. The molecule has 0 radical (unpaired) electrons. The molecule has 2 heterocycles. The molecule has 1 aromatic carbocycles. The number of hydrogen-bond acceptors (Lipinski definition) is 4. The number of nitrogens with zero attached hydrogens (tertiary/aromatic N) is 2. The van der Waals surface area contributed by atoms with E-state index in [0.29, 0.717) is 5.76 Å². The summed E-state index contributed by atoms with van der Waals surface area (Å²) in [5.41, 5.74) is 5.38. The number of benzene rings is 1. The van der Waals surface area contributed by atoms with Crippen molar-refractivity contribution in [3.63, 3.8) is 0 Å². The zero-order chi connectivity index (χ0) is 15.5. The average molecular weight is 296 g/mol. The number of H-pyrrole nitrogens is 1. The molecule has 0 aliphatic heterocycles. The Morgan fingerprint density at radius 3 is 3.05 bits per heavy atom. The Balaban J connectivity index is 1.86. The van der Waals surface area contributed by atoms with Crippen LogP contribution in [0.1, 0.15) is 30.8 Å². The maximum atomic E-state index is 12.0.